The minimum Gasteiger partial charge on any atom is -0.494 e. The first-order valence-corrected chi connectivity index (χ1v) is 11.5. The van der Waals surface area contributed by atoms with Gasteiger partial charge in [0.2, 0.25) is 5.91 Å². The second-order valence-electron chi connectivity index (χ2n) is 7.82. The van der Waals surface area contributed by atoms with Gasteiger partial charge in [0, 0.05) is 12.4 Å². The molecule has 5 nitrogen and oxygen atoms in total. The molecule has 0 aliphatic rings. The summed E-state index contributed by atoms with van der Waals surface area (Å²) in [6.07, 6.45) is 3.78. The van der Waals surface area contributed by atoms with Crippen molar-refractivity contribution in [2.75, 3.05) is 12.0 Å². The van der Waals surface area contributed by atoms with Gasteiger partial charge in [0.05, 0.1) is 29.8 Å². The molecule has 0 saturated heterocycles. The van der Waals surface area contributed by atoms with E-state index < -0.39 is 0 Å². The fourth-order valence-corrected chi connectivity index (χ4v) is 5.17. The molecular weight excluding hydrogens is 442 g/mol. The number of rotatable bonds is 6. The molecule has 0 fully saturated rings. The topological polar surface area (TPSA) is 55.3 Å². The van der Waals surface area contributed by atoms with Gasteiger partial charge < -0.3 is 4.74 Å². The number of ether oxygens (including phenoxy) is 1. The Morgan fingerprint density at radius 3 is 2.56 bits per heavy atom. The highest BCUT2D eigenvalue weighted by atomic mass is 35.5. The number of aromatic nitrogens is 2. The van der Waals surface area contributed by atoms with E-state index in [1.165, 1.54) is 16.9 Å². The van der Waals surface area contributed by atoms with Crippen molar-refractivity contribution in [2.24, 2.45) is 0 Å². The first-order chi connectivity index (χ1) is 15.4. The summed E-state index contributed by atoms with van der Waals surface area (Å²) in [4.78, 5) is 24.3. The number of carbonyl (C=O) groups excluding carboxylic acids is 1. The predicted molar refractivity (Wildman–Crippen MR) is 131 cm³/mol. The van der Waals surface area contributed by atoms with Crippen molar-refractivity contribution in [3.05, 3.63) is 81.6 Å². The molecule has 0 spiro atoms. The van der Waals surface area contributed by atoms with Gasteiger partial charge in [-0.2, -0.15) is 0 Å². The largest absolute Gasteiger partial charge is 0.494 e. The molecule has 2 heterocycles. The first-order valence-electron chi connectivity index (χ1n) is 10.3. The summed E-state index contributed by atoms with van der Waals surface area (Å²) in [7, 11) is 1.60. The summed E-state index contributed by atoms with van der Waals surface area (Å²) in [6, 6.07) is 11.6. The summed E-state index contributed by atoms with van der Waals surface area (Å²) in [5.41, 5.74) is 6.06. The Morgan fingerprint density at radius 2 is 1.91 bits per heavy atom. The smallest absolute Gasteiger partial charge is 0.233 e. The minimum absolute atomic E-state index is 0.0296. The number of thiazole rings is 1. The number of hydrogen-bond acceptors (Lipinski definition) is 5. The fraction of sp³-hybridized carbons (Fsp3) is 0.240. The van der Waals surface area contributed by atoms with Gasteiger partial charge in [0.25, 0.3) is 0 Å². The molecule has 0 unspecified atom stereocenters. The fourth-order valence-electron chi connectivity index (χ4n) is 3.89. The molecule has 0 bridgehead atoms. The molecule has 0 N–H and O–H groups in total. The molecule has 1 amide bonds. The van der Waals surface area contributed by atoms with Crippen LogP contribution in [0.3, 0.4) is 0 Å². The number of benzene rings is 2. The van der Waals surface area contributed by atoms with E-state index in [1.54, 1.807) is 36.5 Å². The van der Waals surface area contributed by atoms with Crippen LogP contribution in [0.4, 0.5) is 5.13 Å². The molecule has 32 heavy (non-hydrogen) atoms. The van der Waals surface area contributed by atoms with Crippen LogP contribution in [0.25, 0.3) is 10.2 Å². The Labute approximate surface area is 196 Å². The van der Waals surface area contributed by atoms with Crippen molar-refractivity contribution < 1.29 is 9.53 Å². The van der Waals surface area contributed by atoms with Crippen molar-refractivity contribution in [3.8, 4) is 5.75 Å². The second kappa shape index (κ2) is 9.27. The Bertz CT molecular complexity index is 1260. The highest BCUT2D eigenvalue weighted by molar-refractivity contribution is 7.23. The summed E-state index contributed by atoms with van der Waals surface area (Å²) in [6.45, 7) is 6.54. The maximum absolute atomic E-state index is 13.6. The molecule has 0 radical (unpaired) electrons. The lowest BCUT2D eigenvalue weighted by atomic mass is 9.97. The van der Waals surface area contributed by atoms with Crippen molar-refractivity contribution in [3.63, 3.8) is 0 Å². The van der Waals surface area contributed by atoms with Gasteiger partial charge in [-0.3, -0.25) is 14.7 Å². The van der Waals surface area contributed by atoms with Crippen LogP contribution in [0.5, 0.6) is 5.75 Å². The zero-order valence-corrected chi connectivity index (χ0v) is 20.0. The number of halogens is 1. The number of amides is 1. The molecule has 4 rings (SSSR count). The quantitative estimate of drug-likeness (QED) is 0.347. The van der Waals surface area contributed by atoms with E-state index in [2.05, 4.69) is 37.9 Å². The van der Waals surface area contributed by atoms with Crippen molar-refractivity contribution in [1.29, 1.82) is 0 Å². The number of methoxy groups -OCH3 is 1. The normalized spacial score (nSPS) is 11.0. The number of aryl methyl sites for hydroxylation is 3. The van der Waals surface area contributed by atoms with Crippen LogP contribution >= 0.6 is 22.9 Å². The van der Waals surface area contributed by atoms with Crippen molar-refractivity contribution >= 4 is 44.2 Å². The van der Waals surface area contributed by atoms with Crippen LogP contribution in [-0.2, 0) is 17.8 Å². The number of nitrogens with zero attached hydrogens (tertiary/aromatic N) is 3. The lowest BCUT2D eigenvalue weighted by Gasteiger charge is -2.21. The third-order valence-electron chi connectivity index (χ3n) is 5.43. The maximum atomic E-state index is 13.6. The van der Waals surface area contributed by atoms with Gasteiger partial charge in [-0.25, -0.2) is 4.98 Å². The molecule has 2 aromatic carbocycles. The lowest BCUT2D eigenvalue weighted by Crippen LogP contribution is -2.32. The molecule has 0 saturated carbocycles. The van der Waals surface area contributed by atoms with Crippen LogP contribution in [0.15, 0.2) is 48.8 Å². The molecule has 0 aliphatic carbocycles. The van der Waals surface area contributed by atoms with Gasteiger partial charge in [0.15, 0.2) is 5.13 Å². The van der Waals surface area contributed by atoms with Gasteiger partial charge in [-0.05, 0) is 61.2 Å². The monoisotopic (exact) mass is 465 g/mol. The third-order valence-corrected chi connectivity index (χ3v) is 6.97. The summed E-state index contributed by atoms with van der Waals surface area (Å²) in [5, 5.41) is 1.17. The Hall–Kier alpha value is -2.96. The third kappa shape index (κ3) is 4.47. The number of carbonyl (C=O) groups is 1. The van der Waals surface area contributed by atoms with E-state index in [0.717, 1.165) is 27.0 Å². The van der Waals surface area contributed by atoms with Crippen LogP contribution in [0.2, 0.25) is 5.02 Å². The number of anilines is 1. The molecule has 2 aromatic heterocycles. The summed E-state index contributed by atoms with van der Waals surface area (Å²) < 4.78 is 6.26. The predicted octanol–water partition coefficient (Wildman–Crippen LogP) is 6.05. The average molecular weight is 466 g/mol. The Kier molecular flexibility index (Phi) is 6.44. The zero-order chi connectivity index (χ0) is 22.8. The van der Waals surface area contributed by atoms with E-state index in [9.17, 15) is 4.79 Å². The molecule has 7 heteroatoms. The van der Waals surface area contributed by atoms with Gasteiger partial charge in [-0.1, -0.05) is 46.7 Å². The number of fused-ring (bicyclic) bond motifs is 1. The number of pyridine rings is 1. The Morgan fingerprint density at radius 1 is 1.16 bits per heavy atom. The molecule has 0 aliphatic heterocycles. The van der Waals surface area contributed by atoms with Crippen LogP contribution in [0.1, 0.15) is 27.8 Å². The van der Waals surface area contributed by atoms with Crippen molar-refractivity contribution in [2.45, 2.75) is 33.7 Å². The lowest BCUT2D eigenvalue weighted by molar-refractivity contribution is -0.118. The van der Waals surface area contributed by atoms with Crippen LogP contribution in [0, 0.1) is 20.8 Å². The second-order valence-corrected chi connectivity index (χ2v) is 9.20. The van der Waals surface area contributed by atoms with E-state index in [0.29, 0.717) is 34.4 Å². The molecular formula is C25H24ClN3O2S. The first kappa shape index (κ1) is 22.2. The zero-order valence-electron chi connectivity index (χ0n) is 18.5. The van der Waals surface area contributed by atoms with Crippen molar-refractivity contribution in [1.82, 2.24) is 9.97 Å². The van der Waals surface area contributed by atoms with Gasteiger partial charge >= 0.3 is 0 Å². The summed E-state index contributed by atoms with van der Waals surface area (Å²) in [5.74, 6) is 0.601. The average Bonchev–Trinajstić information content (AvgIpc) is 3.21. The SMILES string of the molecule is COc1ccc(Cl)c2sc(N(Cc3cccnc3)C(=O)Cc3c(C)cc(C)cc3C)nc12. The minimum atomic E-state index is -0.0296. The van der Waals surface area contributed by atoms with E-state index in [1.807, 2.05) is 12.1 Å². The molecule has 164 valence electrons. The van der Waals surface area contributed by atoms with Crippen LogP contribution < -0.4 is 9.64 Å². The highest BCUT2D eigenvalue weighted by Crippen LogP contribution is 2.39. The number of hydrogen-bond donors (Lipinski definition) is 0. The summed E-state index contributed by atoms with van der Waals surface area (Å²) >= 11 is 7.82. The maximum Gasteiger partial charge on any atom is 0.233 e. The Balaban J connectivity index is 1.77. The van der Waals surface area contributed by atoms with Gasteiger partial charge in [-0.15, -0.1) is 0 Å². The van der Waals surface area contributed by atoms with Crippen LogP contribution in [-0.4, -0.2) is 23.0 Å². The van der Waals surface area contributed by atoms with E-state index in [4.69, 9.17) is 21.3 Å². The van der Waals surface area contributed by atoms with E-state index >= 15 is 0 Å². The molecule has 0 atom stereocenters. The van der Waals surface area contributed by atoms with Gasteiger partial charge in [0.1, 0.15) is 11.3 Å². The standard InChI is InChI=1S/C25H24ClN3O2S/c1-15-10-16(2)19(17(3)11-15)12-22(30)29(14-18-6-5-9-27-13-18)25-28-23-21(31-4)8-7-20(26)24(23)32-25/h5-11,13H,12,14H2,1-4H3. The van der Waals surface area contributed by atoms with E-state index in [-0.39, 0.29) is 5.91 Å². The highest BCUT2D eigenvalue weighted by Gasteiger charge is 2.23. The molecule has 4 aromatic rings.